The first-order chi connectivity index (χ1) is 9.54. The third-order valence-electron chi connectivity index (χ3n) is 3.31. The molecule has 6 nitrogen and oxygen atoms in total. The Balaban J connectivity index is 2.43. The van der Waals surface area contributed by atoms with Crippen molar-refractivity contribution in [1.82, 2.24) is 14.7 Å². The van der Waals surface area contributed by atoms with Crippen LogP contribution in [0.5, 0.6) is 0 Å². The van der Waals surface area contributed by atoms with Crippen LogP contribution >= 0.6 is 0 Å². The highest BCUT2D eigenvalue weighted by molar-refractivity contribution is 5.91. The van der Waals surface area contributed by atoms with Gasteiger partial charge in [-0.3, -0.25) is 14.6 Å². The second kappa shape index (κ2) is 5.84. The molecule has 1 aliphatic rings. The van der Waals surface area contributed by atoms with E-state index in [9.17, 15) is 9.59 Å². The normalized spacial score (nSPS) is 14.3. The Morgan fingerprint density at radius 2 is 2.25 bits per heavy atom. The van der Waals surface area contributed by atoms with E-state index in [2.05, 4.69) is 15.7 Å². The summed E-state index contributed by atoms with van der Waals surface area (Å²) in [4.78, 5) is 25.9. The average Bonchev–Trinajstić information content (AvgIpc) is 2.94. The number of allylic oxidation sites excluding steroid dienone is 1. The van der Waals surface area contributed by atoms with Gasteiger partial charge in [0.2, 0.25) is 0 Å². The quantitative estimate of drug-likeness (QED) is 0.664. The van der Waals surface area contributed by atoms with Gasteiger partial charge in [-0.2, -0.15) is 0 Å². The Morgan fingerprint density at radius 3 is 2.85 bits per heavy atom. The van der Waals surface area contributed by atoms with E-state index < -0.39 is 5.97 Å². The van der Waals surface area contributed by atoms with Crippen LogP contribution in [0.4, 0.5) is 0 Å². The summed E-state index contributed by atoms with van der Waals surface area (Å²) in [5.74, 6) is -0.525. The zero-order chi connectivity index (χ0) is 14.7. The molecule has 6 heteroatoms. The summed E-state index contributed by atoms with van der Waals surface area (Å²) in [6.45, 7) is 2.98. The molecule has 1 N–H and O–H groups in total. The van der Waals surface area contributed by atoms with Crippen molar-refractivity contribution in [1.29, 1.82) is 0 Å². The summed E-state index contributed by atoms with van der Waals surface area (Å²) in [5.41, 5.74) is 4.36. The first-order valence-electron chi connectivity index (χ1n) is 6.67. The fourth-order valence-electron chi connectivity index (χ4n) is 2.21. The maximum Gasteiger partial charge on any atom is 0.357 e. The predicted molar refractivity (Wildman–Crippen MR) is 75.3 cm³/mol. The molecule has 0 bridgehead atoms. The third kappa shape index (κ3) is 2.70. The Morgan fingerprint density at radius 1 is 1.50 bits per heavy atom. The number of esters is 1. The van der Waals surface area contributed by atoms with Crippen LogP contribution in [0.15, 0.2) is 16.2 Å². The number of H-pyrrole nitrogens is 1. The van der Waals surface area contributed by atoms with Gasteiger partial charge in [0.05, 0.1) is 17.9 Å². The van der Waals surface area contributed by atoms with E-state index in [0.29, 0.717) is 5.56 Å². The van der Waals surface area contributed by atoms with E-state index in [1.807, 2.05) is 7.05 Å². The lowest BCUT2D eigenvalue weighted by molar-refractivity contribution is 0.0518. The molecule has 20 heavy (non-hydrogen) atoms. The molecule has 1 aliphatic heterocycles. The van der Waals surface area contributed by atoms with E-state index in [4.69, 9.17) is 4.74 Å². The molecule has 1 aromatic rings. The minimum atomic E-state index is -0.525. The largest absolute Gasteiger partial charge is 0.461 e. The summed E-state index contributed by atoms with van der Waals surface area (Å²) in [7, 11) is 3.56. The number of aromatic nitrogens is 2. The van der Waals surface area contributed by atoms with Crippen LogP contribution in [0.1, 0.15) is 35.8 Å². The first-order valence-corrected chi connectivity index (χ1v) is 6.67. The molecule has 2 rings (SSSR count). The van der Waals surface area contributed by atoms with E-state index in [-0.39, 0.29) is 17.9 Å². The molecule has 0 atom stereocenters. The van der Waals surface area contributed by atoms with Crippen LogP contribution in [0, 0.1) is 0 Å². The van der Waals surface area contributed by atoms with Gasteiger partial charge in [0.25, 0.3) is 5.56 Å². The number of hydrogen-bond donors (Lipinski definition) is 1. The van der Waals surface area contributed by atoms with Gasteiger partial charge in [-0.1, -0.05) is 5.73 Å². The highest BCUT2D eigenvalue weighted by Crippen LogP contribution is 2.17. The van der Waals surface area contributed by atoms with Gasteiger partial charge in [-0.15, -0.1) is 0 Å². The minimum absolute atomic E-state index is 0.174. The molecule has 0 aromatic carbocycles. The molecule has 2 heterocycles. The lowest BCUT2D eigenvalue weighted by atomic mass is 10.2. The Labute approximate surface area is 117 Å². The molecule has 0 amide bonds. The van der Waals surface area contributed by atoms with Crippen LogP contribution in [0.25, 0.3) is 6.08 Å². The molecule has 1 fully saturated rings. The van der Waals surface area contributed by atoms with Crippen molar-refractivity contribution in [3.63, 3.8) is 0 Å². The SMILES string of the molecule is CCOC(=O)c1[nH]n(C)c(=O)c1C=C=C1CCCN1C. The van der Waals surface area contributed by atoms with E-state index in [1.54, 1.807) is 20.0 Å². The minimum Gasteiger partial charge on any atom is -0.461 e. The molecular weight excluding hydrogens is 258 g/mol. The molecule has 0 spiro atoms. The zero-order valence-electron chi connectivity index (χ0n) is 12.0. The highest BCUT2D eigenvalue weighted by atomic mass is 16.5. The zero-order valence-corrected chi connectivity index (χ0v) is 12.0. The maximum atomic E-state index is 12.0. The average molecular weight is 277 g/mol. The van der Waals surface area contributed by atoms with Crippen molar-refractivity contribution >= 4 is 12.0 Å². The van der Waals surface area contributed by atoms with E-state index in [0.717, 1.165) is 25.1 Å². The van der Waals surface area contributed by atoms with Gasteiger partial charge in [0, 0.05) is 20.6 Å². The number of hydrogen-bond acceptors (Lipinski definition) is 4. The van der Waals surface area contributed by atoms with Crippen LogP contribution in [0.2, 0.25) is 0 Å². The van der Waals surface area contributed by atoms with Gasteiger partial charge in [0.15, 0.2) is 5.69 Å². The molecule has 0 unspecified atom stereocenters. The Bertz CT molecular complexity index is 633. The van der Waals surface area contributed by atoms with Gasteiger partial charge < -0.3 is 9.64 Å². The molecule has 1 saturated heterocycles. The van der Waals surface area contributed by atoms with Crippen molar-refractivity contribution in [2.75, 3.05) is 20.2 Å². The van der Waals surface area contributed by atoms with Gasteiger partial charge in [0.1, 0.15) is 0 Å². The van der Waals surface area contributed by atoms with Crippen molar-refractivity contribution in [3.05, 3.63) is 33.0 Å². The summed E-state index contributed by atoms with van der Waals surface area (Å²) >= 11 is 0. The lowest BCUT2D eigenvalue weighted by Crippen LogP contribution is -2.13. The molecular formula is C14H19N3O3. The second-order valence-corrected chi connectivity index (χ2v) is 4.75. The molecule has 1 aromatic heterocycles. The lowest BCUT2D eigenvalue weighted by Gasteiger charge is -2.08. The second-order valence-electron chi connectivity index (χ2n) is 4.75. The number of rotatable bonds is 3. The number of nitrogens with zero attached hydrogens (tertiary/aromatic N) is 2. The third-order valence-corrected chi connectivity index (χ3v) is 3.31. The Hall–Kier alpha value is -2.20. The van der Waals surface area contributed by atoms with Gasteiger partial charge >= 0.3 is 5.97 Å². The van der Waals surface area contributed by atoms with Crippen molar-refractivity contribution < 1.29 is 9.53 Å². The first kappa shape index (κ1) is 14.2. The fraction of sp³-hybridized carbons (Fsp3) is 0.500. The fourth-order valence-corrected chi connectivity index (χ4v) is 2.21. The predicted octanol–water partition coefficient (Wildman–Crippen LogP) is 1.11. The van der Waals surface area contributed by atoms with Crippen LogP contribution < -0.4 is 5.56 Å². The summed E-state index contributed by atoms with van der Waals surface area (Å²) in [6.07, 6.45) is 3.59. The molecule has 108 valence electrons. The number of nitrogens with one attached hydrogen (secondary N) is 1. The van der Waals surface area contributed by atoms with Gasteiger partial charge in [-0.25, -0.2) is 4.79 Å². The summed E-state index contributed by atoms with van der Waals surface area (Å²) in [5, 5.41) is 2.72. The summed E-state index contributed by atoms with van der Waals surface area (Å²) < 4.78 is 6.21. The highest BCUT2D eigenvalue weighted by Gasteiger charge is 2.18. The summed E-state index contributed by atoms with van der Waals surface area (Å²) in [6, 6.07) is 0. The number of carbonyl (C=O) groups is 1. The monoisotopic (exact) mass is 277 g/mol. The maximum absolute atomic E-state index is 12.0. The van der Waals surface area contributed by atoms with Crippen molar-refractivity contribution in [3.8, 4) is 0 Å². The molecule has 0 saturated carbocycles. The smallest absolute Gasteiger partial charge is 0.357 e. The van der Waals surface area contributed by atoms with Crippen LogP contribution in [0.3, 0.4) is 0 Å². The Kier molecular flexibility index (Phi) is 4.15. The van der Waals surface area contributed by atoms with Crippen LogP contribution in [-0.2, 0) is 11.8 Å². The molecule has 0 aliphatic carbocycles. The number of aryl methyl sites for hydroxylation is 1. The number of carbonyl (C=O) groups excluding carboxylic acids is 1. The standard InChI is InChI=1S/C14H19N3O3/c1-4-20-14(19)12-11(13(18)17(3)15-12)8-7-10-6-5-9-16(10)2/h8,15H,4-6,9H2,1-3H3. The molecule has 0 radical (unpaired) electrons. The van der Waals surface area contributed by atoms with Crippen molar-refractivity contribution in [2.24, 2.45) is 7.05 Å². The topological polar surface area (TPSA) is 67.3 Å². The number of aromatic amines is 1. The van der Waals surface area contributed by atoms with E-state index in [1.165, 1.54) is 4.68 Å². The van der Waals surface area contributed by atoms with Gasteiger partial charge in [-0.05, 0) is 25.8 Å². The van der Waals surface area contributed by atoms with Crippen LogP contribution in [-0.4, -0.2) is 40.8 Å². The van der Waals surface area contributed by atoms with E-state index >= 15 is 0 Å². The number of likely N-dealkylation sites (tertiary alicyclic amines) is 1. The van der Waals surface area contributed by atoms with Crippen molar-refractivity contribution in [2.45, 2.75) is 19.8 Å². The number of ether oxygens (including phenoxy) is 1.